The molecule has 1 aliphatic carbocycles. The van der Waals surface area contributed by atoms with Crippen LogP contribution < -0.4 is 4.74 Å². The second-order valence-corrected chi connectivity index (χ2v) is 9.61. The van der Waals surface area contributed by atoms with Crippen LogP contribution >= 0.6 is 0 Å². The molecular weight excluding hydrogens is 366 g/mol. The van der Waals surface area contributed by atoms with Crippen LogP contribution in [0.25, 0.3) is 0 Å². The Balaban J connectivity index is 0.00000155. The first-order chi connectivity index (χ1) is 14.4. The molecule has 1 saturated carbocycles. The number of benzene rings is 2. The molecule has 0 bridgehead atoms. The van der Waals surface area contributed by atoms with Gasteiger partial charge in [-0.15, -0.1) is 0 Å². The Labute approximate surface area is 185 Å². The molecule has 2 aromatic carbocycles. The lowest BCUT2D eigenvalue weighted by atomic mass is 9.60. The van der Waals surface area contributed by atoms with Gasteiger partial charge in [0.2, 0.25) is 0 Å². The maximum absolute atomic E-state index is 5.52. The highest BCUT2D eigenvalue weighted by Gasteiger charge is 2.40. The summed E-state index contributed by atoms with van der Waals surface area (Å²) in [6.07, 6.45) is 3.70. The topological polar surface area (TPSA) is 12.5 Å². The predicted octanol–water partition coefficient (Wildman–Crippen LogP) is 7.05. The van der Waals surface area contributed by atoms with Crippen LogP contribution in [0.1, 0.15) is 64.5 Å². The summed E-state index contributed by atoms with van der Waals surface area (Å²) in [7, 11) is 4.05. The average Bonchev–Trinajstić information content (AvgIpc) is 2.73. The second-order valence-electron chi connectivity index (χ2n) is 9.61. The molecule has 0 N–H and O–H groups in total. The van der Waals surface area contributed by atoms with Crippen molar-refractivity contribution in [3.05, 3.63) is 65.7 Å². The molecule has 166 valence electrons. The van der Waals surface area contributed by atoms with Gasteiger partial charge in [-0.25, -0.2) is 0 Å². The minimum Gasteiger partial charge on any atom is -0.497 e. The molecule has 0 aromatic heterocycles. The van der Waals surface area contributed by atoms with E-state index in [1.54, 1.807) is 7.11 Å². The Morgan fingerprint density at radius 2 is 1.70 bits per heavy atom. The first-order valence-corrected chi connectivity index (χ1v) is 11.7. The van der Waals surface area contributed by atoms with Crippen molar-refractivity contribution in [1.82, 2.24) is 4.90 Å². The van der Waals surface area contributed by atoms with E-state index in [1.807, 2.05) is 13.8 Å². The number of hydrogen-bond acceptors (Lipinski definition) is 2. The molecule has 2 nitrogen and oxygen atoms in total. The molecule has 30 heavy (non-hydrogen) atoms. The molecule has 0 aliphatic heterocycles. The standard InChI is InChI=1S/C26H37NO.C2H6/c1-20-17-26(2,3)18-23(25(20)22-12-9-13-24(16-22)28-5)19-27(4)15-14-21-10-7-6-8-11-21;1-2/h6-13,16,20,23,25H,14-15,17-19H2,1-5H3;1-2H3/t20?,23-,25?;/m0./s1. The van der Waals surface area contributed by atoms with E-state index in [2.05, 4.69) is 87.3 Å². The molecule has 3 rings (SSSR count). The van der Waals surface area contributed by atoms with E-state index in [9.17, 15) is 0 Å². The van der Waals surface area contributed by atoms with E-state index in [0.717, 1.165) is 25.3 Å². The van der Waals surface area contributed by atoms with Crippen molar-refractivity contribution in [2.75, 3.05) is 27.2 Å². The molecule has 0 spiro atoms. The van der Waals surface area contributed by atoms with Gasteiger partial charge in [0.05, 0.1) is 7.11 Å². The van der Waals surface area contributed by atoms with Gasteiger partial charge in [-0.2, -0.15) is 0 Å². The van der Waals surface area contributed by atoms with Gasteiger partial charge in [-0.1, -0.05) is 77.1 Å². The summed E-state index contributed by atoms with van der Waals surface area (Å²) in [5.41, 5.74) is 3.29. The zero-order valence-corrected chi connectivity index (χ0v) is 20.3. The van der Waals surface area contributed by atoms with E-state index in [1.165, 1.54) is 24.0 Å². The van der Waals surface area contributed by atoms with Crippen molar-refractivity contribution in [3.63, 3.8) is 0 Å². The third kappa shape index (κ3) is 6.87. The van der Waals surface area contributed by atoms with E-state index in [-0.39, 0.29) is 0 Å². The third-order valence-electron chi connectivity index (χ3n) is 6.46. The van der Waals surface area contributed by atoms with Crippen LogP contribution in [0.3, 0.4) is 0 Å². The Kier molecular flexibility index (Phi) is 9.42. The van der Waals surface area contributed by atoms with Gasteiger partial charge in [0, 0.05) is 13.1 Å². The summed E-state index contributed by atoms with van der Waals surface area (Å²) in [6, 6.07) is 19.6. The molecule has 0 saturated heterocycles. The van der Waals surface area contributed by atoms with E-state index in [4.69, 9.17) is 4.74 Å². The molecule has 0 heterocycles. The van der Waals surface area contributed by atoms with Gasteiger partial charge in [0.15, 0.2) is 0 Å². The molecule has 2 aromatic rings. The van der Waals surface area contributed by atoms with Gasteiger partial charge < -0.3 is 9.64 Å². The normalized spacial score (nSPS) is 22.9. The molecular formula is C28H43NO. The van der Waals surface area contributed by atoms with Crippen LogP contribution in [0.15, 0.2) is 54.6 Å². The largest absolute Gasteiger partial charge is 0.497 e. The third-order valence-corrected chi connectivity index (χ3v) is 6.46. The second kappa shape index (κ2) is 11.6. The first-order valence-electron chi connectivity index (χ1n) is 11.7. The van der Waals surface area contributed by atoms with Crippen LogP contribution in [-0.2, 0) is 6.42 Å². The molecule has 3 atom stereocenters. The first kappa shape index (κ1) is 24.5. The summed E-state index contributed by atoms with van der Waals surface area (Å²) < 4.78 is 5.52. The van der Waals surface area contributed by atoms with Crippen LogP contribution in [0.4, 0.5) is 0 Å². The zero-order valence-electron chi connectivity index (χ0n) is 20.3. The monoisotopic (exact) mass is 409 g/mol. The lowest BCUT2D eigenvalue weighted by molar-refractivity contribution is 0.0827. The fraction of sp³-hybridized carbons (Fsp3) is 0.571. The quantitative estimate of drug-likeness (QED) is 0.486. The number of hydrogen-bond donors (Lipinski definition) is 0. The van der Waals surface area contributed by atoms with Crippen LogP contribution in [0, 0.1) is 17.3 Å². The fourth-order valence-corrected chi connectivity index (χ4v) is 5.47. The maximum atomic E-state index is 5.52. The van der Waals surface area contributed by atoms with Crippen molar-refractivity contribution in [2.24, 2.45) is 17.3 Å². The van der Waals surface area contributed by atoms with Gasteiger partial charge >= 0.3 is 0 Å². The van der Waals surface area contributed by atoms with Crippen molar-refractivity contribution >= 4 is 0 Å². The van der Waals surface area contributed by atoms with Crippen LogP contribution in [-0.4, -0.2) is 32.1 Å². The predicted molar refractivity (Wildman–Crippen MR) is 130 cm³/mol. The summed E-state index contributed by atoms with van der Waals surface area (Å²) in [4.78, 5) is 2.54. The van der Waals surface area contributed by atoms with Crippen molar-refractivity contribution in [1.29, 1.82) is 0 Å². The maximum Gasteiger partial charge on any atom is 0.119 e. The Morgan fingerprint density at radius 1 is 1.00 bits per heavy atom. The zero-order chi connectivity index (χ0) is 22.1. The minimum atomic E-state index is 0.416. The SMILES string of the molecule is CC.COc1cccc(C2C(C)CC(C)(C)C[C@H]2CN(C)CCc2ccccc2)c1. The number of ether oxygens (including phenoxy) is 1. The van der Waals surface area contributed by atoms with Crippen LogP contribution in [0.5, 0.6) is 5.75 Å². The number of methoxy groups -OCH3 is 1. The smallest absolute Gasteiger partial charge is 0.119 e. The van der Waals surface area contributed by atoms with Gasteiger partial charge in [0.25, 0.3) is 0 Å². The molecule has 0 radical (unpaired) electrons. The summed E-state index contributed by atoms with van der Waals surface area (Å²) in [5, 5.41) is 0. The average molecular weight is 410 g/mol. The Hall–Kier alpha value is -1.80. The van der Waals surface area contributed by atoms with E-state index >= 15 is 0 Å². The highest BCUT2D eigenvalue weighted by atomic mass is 16.5. The number of rotatable bonds is 7. The summed E-state index contributed by atoms with van der Waals surface area (Å²) in [5.74, 6) is 2.93. The Morgan fingerprint density at radius 3 is 2.37 bits per heavy atom. The van der Waals surface area contributed by atoms with Crippen molar-refractivity contribution < 1.29 is 4.74 Å². The molecule has 1 fully saturated rings. The summed E-state index contributed by atoms with van der Waals surface area (Å²) in [6.45, 7) is 13.6. The number of nitrogens with zero attached hydrogens (tertiary/aromatic N) is 1. The minimum absolute atomic E-state index is 0.416. The van der Waals surface area contributed by atoms with E-state index < -0.39 is 0 Å². The highest BCUT2D eigenvalue weighted by molar-refractivity contribution is 5.32. The van der Waals surface area contributed by atoms with Crippen molar-refractivity contribution in [2.45, 2.75) is 59.8 Å². The molecule has 2 unspecified atom stereocenters. The summed E-state index contributed by atoms with van der Waals surface area (Å²) >= 11 is 0. The van der Waals surface area contributed by atoms with Crippen molar-refractivity contribution in [3.8, 4) is 5.75 Å². The molecule has 2 heteroatoms. The number of likely N-dealkylation sites (N-methyl/N-ethyl adjacent to an activating group) is 1. The lowest BCUT2D eigenvalue weighted by Gasteiger charge is -2.46. The van der Waals surface area contributed by atoms with Crippen LogP contribution in [0.2, 0.25) is 0 Å². The Bertz CT molecular complexity index is 739. The molecule has 1 aliphatic rings. The van der Waals surface area contributed by atoms with E-state index in [0.29, 0.717) is 23.2 Å². The van der Waals surface area contributed by atoms with Gasteiger partial charge in [-0.05, 0) is 72.7 Å². The fourth-order valence-electron chi connectivity index (χ4n) is 5.47. The van der Waals surface area contributed by atoms with Gasteiger partial charge in [0.1, 0.15) is 5.75 Å². The van der Waals surface area contributed by atoms with Gasteiger partial charge in [-0.3, -0.25) is 0 Å². The highest BCUT2D eigenvalue weighted by Crippen LogP contribution is 2.50. The molecule has 0 amide bonds. The lowest BCUT2D eigenvalue weighted by Crippen LogP contribution is -2.40.